The van der Waals surface area contributed by atoms with E-state index in [0.29, 0.717) is 11.7 Å². The van der Waals surface area contributed by atoms with Crippen LogP contribution in [-0.4, -0.2) is 5.78 Å². The Morgan fingerprint density at radius 1 is 1.38 bits per heavy atom. The minimum absolute atomic E-state index is 0.346. The topological polar surface area (TPSA) is 17.1 Å². The Hall–Kier alpha value is -0.850. The third-order valence-electron chi connectivity index (χ3n) is 3.94. The zero-order chi connectivity index (χ0) is 11.5. The molecule has 2 rings (SSSR count). The van der Waals surface area contributed by atoms with E-state index in [4.69, 9.17) is 0 Å². The Morgan fingerprint density at radius 3 is 2.69 bits per heavy atom. The molecule has 0 heterocycles. The molecule has 0 aromatic rings. The van der Waals surface area contributed by atoms with Crippen LogP contribution < -0.4 is 0 Å². The predicted molar refractivity (Wildman–Crippen MR) is 67.2 cm³/mol. The lowest BCUT2D eigenvalue weighted by molar-refractivity contribution is -0.117. The van der Waals surface area contributed by atoms with Gasteiger partial charge in [-0.15, -0.1) is 0 Å². The number of allylic oxidation sites excluding steroid dienone is 4. The van der Waals surface area contributed by atoms with Crippen molar-refractivity contribution in [3.05, 3.63) is 23.3 Å². The van der Waals surface area contributed by atoms with Gasteiger partial charge in [0.05, 0.1) is 0 Å². The number of ketones is 1. The first-order chi connectivity index (χ1) is 7.65. The standard InChI is InChI=1S/C15H22O/c1-11-3-6-15(9-11)14-7-4-13(5-8-14)10-12(2)16/h7,9,13,15H,3-6,8,10H2,1-2H3. The molecule has 0 bridgehead atoms. The summed E-state index contributed by atoms with van der Waals surface area (Å²) in [6.07, 6.45) is 11.8. The van der Waals surface area contributed by atoms with E-state index in [9.17, 15) is 4.79 Å². The number of Topliss-reactive ketones (excluding diaryl/α,β-unsaturated/α-hetero) is 1. The normalized spacial score (nSPS) is 29.9. The van der Waals surface area contributed by atoms with Crippen molar-refractivity contribution in [2.75, 3.05) is 0 Å². The molecule has 0 saturated carbocycles. The van der Waals surface area contributed by atoms with Crippen molar-refractivity contribution >= 4 is 5.78 Å². The molecule has 0 amide bonds. The van der Waals surface area contributed by atoms with Crippen molar-refractivity contribution in [1.29, 1.82) is 0 Å². The van der Waals surface area contributed by atoms with Crippen LogP contribution in [0, 0.1) is 11.8 Å². The maximum absolute atomic E-state index is 11.1. The molecule has 0 spiro atoms. The highest BCUT2D eigenvalue weighted by Crippen LogP contribution is 2.36. The van der Waals surface area contributed by atoms with Crippen LogP contribution in [0.15, 0.2) is 23.3 Å². The fourth-order valence-electron chi connectivity index (χ4n) is 3.02. The van der Waals surface area contributed by atoms with Gasteiger partial charge in [0.15, 0.2) is 0 Å². The SMILES string of the molecule is CC(=O)CC1CC=C(C2C=C(C)CC2)CC1. The van der Waals surface area contributed by atoms with E-state index in [2.05, 4.69) is 19.1 Å². The quantitative estimate of drug-likeness (QED) is 0.653. The van der Waals surface area contributed by atoms with Crippen LogP contribution >= 0.6 is 0 Å². The number of hydrogen-bond donors (Lipinski definition) is 0. The van der Waals surface area contributed by atoms with Crippen molar-refractivity contribution in [2.45, 2.75) is 52.4 Å². The molecular weight excluding hydrogens is 196 g/mol. The summed E-state index contributed by atoms with van der Waals surface area (Å²) in [7, 11) is 0. The summed E-state index contributed by atoms with van der Waals surface area (Å²) in [6.45, 7) is 3.95. The molecule has 0 aromatic carbocycles. The van der Waals surface area contributed by atoms with Crippen molar-refractivity contribution < 1.29 is 4.79 Å². The van der Waals surface area contributed by atoms with Gasteiger partial charge in [-0.05, 0) is 57.8 Å². The lowest BCUT2D eigenvalue weighted by Gasteiger charge is -2.23. The number of rotatable bonds is 3. The summed E-state index contributed by atoms with van der Waals surface area (Å²) in [5.74, 6) is 1.68. The van der Waals surface area contributed by atoms with E-state index in [-0.39, 0.29) is 0 Å². The molecule has 2 unspecified atom stereocenters. The van der Waals surface area contributed by atoms with Crippen LogP contribution in [0.25, 0.3) is 0 Å². The summed E-state index contributed by atoms with van der Waals surface area (Å²) in [6, 6.07) is 0. The molecule has 1 heteroatoms. The number of carbonyl (C=O) groups excluding carboxylic acids is 1. The summed E-state index contributed by atoms with van der Waals surface area (Å²) in [4.78, 5) is 11.1. The highest BCUT2D eigenvalue weighted by molar-refractivity contribution is 5.75. The van der Waals surface area contributed by atoms with Crippen LogP contribution in [0.4, 0.5) is 0 Å². The van der Waals surface area contributed by atoms with E-state index in [0.717, 1.165) is 18.8 Å². The first-order valence-corrected chi connectivity index (χ1v) is 6.51. The fraction of sp³-hybridized carbons (Fsp3) is 0.667. The van der Waals surface area contributed by atoms with Crippen LogP contribution in [-0.2, 0) is 4.79 Å². The van der Waals surface area contributed by atoms with Crippen LogP contribution in [0.5, 0.6) is 0 Å². The van der Waals surface area contributed by atoms with Gasteiger partial charge in [0, 0.05) is 6.42 Å². The van der Waals surface area contributed by atoms with E-state index in [1.54, 1.807) is 18.1 Å². The van der Waals surface area contributed by atoms with Crippen molar-refractivity contribution in [3.8, 4) is 0 Å². The first-order valence-electron chi connectivity index (χ1n) is 6.51. The molecule has 0 aromatic heterocycles. The smallest absolute Gasteiger partial charge is 0.130 e. The summed E-state index contributed by atoms with van der Waals surface area (Å²) in [5, 5.41) is 0. The van der Waals surface area contributed by atoms with Gasteiger partial charge in [-0.2, -0.15) is 0 Å². The lowest BCUT2D eigenvalue weighted by Crippen LogP contribution is -2.12. The van der Waals surface area contributed by atoms with E-state index >= 15 is 0 Å². The van der Waals surface area contributed by atoms with Crippen molar-refractivity contribution in [3.63, 3.8) is 0 Å². The zero-order valence-corrected chi connectivity index (χ0v) is 10.5. The molecular formula is C15H22O. The Kier molecular flexibility index (Phi) is 3.63. The van der Waals surface area contributed by atoms with Crippen LogP contribution in [0.2, 0.25) is 0 Å². The molecule has 0 fully saturated rings. The highest BCUT2D eigenvalue weighted by atomic mass is 16.1. The summed E-state index contributed by atoms with van der Waals surface area (Å²) >= 11 is 0. The van der Waals surface area contributed by atoms with Gasteiger partial charge in [-0.1, -0.05) is 23.3 Å². The molecule has 88 valence electrons. The maximum atomic E-state index is 11.1. The van der Waals surface area contributed by atoms with Crippen LogP contribution in [0.1, 0.15) is 52.4 Å². The fourth-order valence-corrected chi connectivity index (χ4v) is 3.02. The monoisotopic (exact) mass is 218 g/mol. The number of carbonyl (C=O) groups is 1. The van der Waals surface area contributed by atoms with E-state index in [1.165, 1.54) is 25.7 Å². The Balaban J connectivity index is 1.91. The highest BCUT2D eigenvalue weighted by Gasteiger charge is 2.22. The average Bonchev–Trinajstić information content (AvgIpc) is 2.65. The van der Waals surface area contributed by atoms with Crippen molar-refractivity contribution in [2.24, 2.45) is 11.8 Å². The summed E-state index contributed by atoms with van der Waals surface area (Å²) < 4.78 is 0. The lowest BCUT2D eigenvalue weighted by atomic mass is 9.82. The maximum Gasteiger partial charge on any atom is 0.130 e. The average molecular weight is 218 g/mol. The van der Waals surface area contributed by atoms with Gasteiger partial charge in [0.25, 0.3) is 0 Å². The minimum Gasteiger partial charge on any atom is -0.300 e. The molecule has 0 radical (unpaired) electrons. The Labute approximate surface area is 98.6 Å². The number of hydrogen-bond acceptors (Lipinski definition) is 1. The Morgan fingerprint density at radius 2 is 2.19 bits per heavy atom. The van der Waals surface area contributed by atoms with Gasteiger partial charge in [-0.3, -0.25) is 0 Å². The third-order valence-corrected chi connectivity index (χ3v) is 3.94. The predicted octanol–water partition coefficient (Wildman–Crippen LogP) is 4.05. The van der Waals surface area contributed by atoms with E-state index < -0.39 is 0 Å². The first kappa shape index (κ1) is 11.6. The second-order valence-corrected chi connectivity index (χ2v) is 5.48. The van der Waals surface area contributed by atoms with Gasteiger partial charge in [0.2, 0.25) is 0 Å². The van der Waals surface area contributed by atoms with Crippen molar-refractivity contribution in [1.82, 2.24) is 0 Å². The Bertz CT molecular complexity index is 335. The minimum atomic E-state index is 0.346. The van der Waals surface area contributed by atoms with Gasteiger partial charge >= 0.3 is 0 Å². The van der Waals surface area contributed by atoms with Crippen LogP contribution in [0.3, 0.4) is 0 Å². The van der Waals surface area contributed by atoms with Gasteiger partial charge in [0.1, 0.15) is 5.78 Å². The molecule has 0 saturated heterocycles. The molecule has 0 N–H and O–H groups in total. The van der Waals surface area contributed by atoms with Gasteiger partial charge in [-0.25, -0.2) is 0 Å². The molecule has 2 aliphatic rings. The molecule has 2 aliphatic carbocycles. The largest absolute Gasteiger partial charge is 0.300 e. The second kappa shape index (κ2) is 4.99. The molecule has 1 nitrogen and oxygen atoms in total. The zero-order valence-electron chi connectivity index (χ0n) is 10.5. The molecule has 2 atom stereocenters. The van der Waals surface area contributed by atoms with E-state index in [1.807, 2.05) is 0 Å². The summed E-state index contributed by atoms with van der Waals surface area (Å²) in [5.41, 5.74) is 3.19. The molecule has 0 aliphatic heterocycles. The second-order valence-electron chi connectivity index (χ2n) is 5.48. The third kappa shape index (κ3) is 2.84. The van der Waals surface area contributed by atoms with Gasteiger partial charge < -0.3 is 4.79 Å². The molecule has 16 heavy (non-hydrogen) atoms.